The van der Waals surface area contributed by atoms with Crippen LogP contribution in [0.15, 0.2) is 59.4 Å². The van der Waals surface area contributed by atoms with Crippen molar-refractivity contribution in [2.75, 3.05) is 0 Å². The lowest BCUT2D eigenvalue weighted by atomic mass is 10.2. The molecule has 0 unspecified atom stereocenters. The summed E-state index contributed by atoms with van der Waals surface area (Å²) in [4.78, 5) is 20.1. The highest BCUT2D eigenvalue weighted by molar-refractivity contribution is 6.19. The fraction of sp³-hybridized carbons (Fsp3) is 0. The van der Waals surface area contributed by atoms with Crippen LogP contribution in [0.2, 0.25) is 0 Å². The van der Waals surface area contributed by atoms with Crippen LogP contribution in [0.3, 0.4) is 0 Å². The van der Waals surface area contributed by atoms with Gasteiger partial charge in [0, 0.05) is 6.20 Å². The van der Waals surface area contributed by atoms with Gasteiger partial charge in [-0.1, -0.05) is 18.2 Å². The zero-order chi connectivity index (χ0) is 13.9. The maximum atomic E-state index is 13.1. The number of benzene rings is 1. The van der Waals surface area contributed by atoms with Crippen molar-refractivity contribution in [1.82, 2.24) is 10.3 Å². The van der Waals surface area contributed by atoms with Gasteiger partial charge in [-0.3, -0.25) is 9.78 Å². The molecule has 1 amide bonds. The standard InChI is InChI=1S/C15H10FN3O/c16-11-5-3-4-10(8-11)9-13-15(20)19-14(18-13)12-6-1-2-7-17-12/h1-9H,(H,18,19,20)/b13-9+. The minimum absolute atomic E-state index is 0.233. The van der Waals surface area contributed by atoms with Crippen LogP contribution in [-0.2, 0) is 4.79 Å². The van der Waals surface area contributed by atoms with Crippen LogP contribution in [-0.4, -0.2) is 16.7 Å². The number of carbonyl (C=O) groups is 1. The Morgan fingerprint density at radius 2 is 2.05 bits per heavy atom. The van der Waals surface area contributed by atoms with Gasteiger partial charge in [0.05, 0.1) is 0 Å². The van der Waals surface area contributed by atoms with E-state index in [9.17, 15) is 9.18 Å². The lowest BCUT2D eigenvalue weighted by molar-refractivity contribution is -0.115. The Balaban J connectivity index is 1.95. The summed E-state index contributed by atoms with van der Waals surface area (Å²) in [5, 5.41) is 2.64. The number of aliphatic imine (C=N–C) groups is 1. The van der Waals surface area contributed by atoms with E-state index in [2.05, 4.69) is 15.3 Å². The Hall–Kier alpha value is -2.82. The first-order valence-electron chi connectivity index (χ1n) is 6.01. The second-order valence-corrected chi connectivity index (χ2v) is 4.21. The fourth-order valence-electron chi connectivity index (χ4n) is 1.85. The van der Waals surface area contributed by atoms with Gasteiger partial charge in [0.1, 0.15) is 17.2 Å². The molecule has 1 aliphatic heterocycles. The average molecular weight is 267 g/mol. The first kappa shape index (κ1) is 12.2. The van der Waals surface area contributed by atoms with Gasteiger partial charge < -0.3 is 5.32 Å². The molecular weight excluding hydrogens is 257 g/mol. The van der Waals surface area contributed by atoms with E-state index < -0.39 is 0 Å². The molecule has 1 aliphatic rings. The molecule has 0 spiro atoms. The van der Waals surface area contributed by atoms with Gasteiger partial charge >= 0.3 is 0 Å². The van der Waals surface area contributed by atoms with Crippen molar-refractivity contribution in [3.05, 3.63) is 71.4 Å². The number of nitrogens with zero attached hydrogens (tertiary/aromatic N) is 2. The predicted molar refractivity (Wildman–Crippen MR) is 73.3 cm³/mol. The van der Waals surface area contributed by atoms with Crippen molar-refractivity contribution in [3.63, 3.8) is 0 Å². The highest BCUT2D eigenvalue weighted by Crippen LogP contribution is 2.14. The lowest BCUT2D eigenvalue weighted by Gasteiger charge is -1.97. The first-order valence-corrected chi connectivity index (χ1v) is 6.01. The number of amidine groups is 1. The summed E-state index contributed by atoms with van der Waals surface area (Å²) in [5.74, 6) is -0.278. The van der Waals surface area contributed by atoms with E-state index in [0.717, 1.165) is 0 Å². The third-order valence-electron chi connectivity index (χ3n) is 2.76. The maximum Gasteiger partial charge on any atom is 0.275 e. The fourth-order valence-corrected chi connectivity index (χ4v) is 1.85. The van der Waals surface area contributed by atoms with Gasteiger partial charge in [-0.15, -0.1) is 0 Å². The van der Waals surface area contributed by atoms with Crippen LogP contribution in [0.4, 0.5) is 4.39 Å². The van der Waals surface area contributed by atoms with E-state index in [1.165, 1.54) is 18.2 Å². The van der Waals surface area contributed by atoms with E-state index in [4.69, 9.17) is 0 Å². The second-order valence-electron chi connectivity index (χ2n) is 4.21. The molecule has 5 heteroatoms. The van der Waals surface area contributed by atoms with E-state index in [1.54, 1.807) is 30.5 Å². The van der Waals surface area contributed by atoms with Crippen LogP contribution < -0.4 is 5.32 Å². The maximum absolute atomic E-state index is 13.1. The molecule has 4 nitrogen and oxygen atoms in total. The minimum atomic E-state index is -0.355. The third-order valence-corrected chi connectivity index (χ3v) is 2.76. The summed E-state index contributed by atoms with van der Waals surface area (Å²) in [6.07, 6.45) is 3.16. The topological polar surface area (TPSA) is 54.4 Å². The molecule has 0 fully saturated rings. The Labute approximate surface area is 114 Å². The molecule has 2 heterocycles. The van der Waals surface area contributed by atoms with Crippen molar-refractivity contribution in [2.24, 2.45) is 4.99 Å². The monoisotopic (exact) mass is 267 g/mol. The quantitative estimate of drug-likeness (QED) is 0.847. The Kier molecular flexibility index (Phi) is 3.09. The number of aromatic nitrogens is 1. The smallest absolute Gasteiger partial charge is 0.275 e. The normalized spacial score (nSPS) is 16.1. The average Bonchev–Trinajstić information content (AvgIpc) is 2.81. The molecule has 2 aromatic rings. The number of pyridine rings is 1. The summed E-state index contributed by atoms with van der Waals surface area (Å²) < 4.78 is 13.1. The summed E-state index contributed by atoms with van der Waals surface area (Å²) in [6.45, 7) is 0. The largest absolute Gasteiger partial charge is 0.303 e. The molecule has 0 aliphatic carbocycles. The molecule has 0 saturated carbocycles. The number of halogens is 1. The molecule has 0 atom stereocenters. The van der Waals surface area contributed by atoms with Crippen LogP contribution in [0, 0.1) is 5.82 Å². The number of amides is 1. The Bertz CT molecular complexity index is 723. The van der Waals surface area contributed by atoms with Crippen molar-refractivity contribution >= 4 is 17.8 Å². The highest BCUT2D eigenvalue weighted by Gasteiger charge is 2.21. The van der Waals surface area contributed by atoms with Gasteiger partial charge in [0.25, 0.3) is 5.91 Å². The van der Waals surface area contributed by atoms with Crippen LogP contribution in [0.25, 0.3) is 6.08 Å². The first-order chi connectivity index (χ1) is 9.72. The summed E-state index contributed by atoms with van der Waals surface area (Å²) in [5.41, 5.74) is 1.40. The molecule has 0 bridgehead atoms. The molecule has 3 rings (SSSR count). The van der Waals surface area contributed by atoms with Crippen molar-refractivity contribution in [3.8, 4) is 0 Å². The molecular formula is C15H10FN3O. The molecule has 1 aromatic carbocycles. The molecule has 0 radical (unpaired) electrons. The zero-order valence-corrected chi connectivity index (χ0v) is 10.4. The van der Waals surface area contributed by atoms with Gasteiger partial charge in [0.2, 0.25) is 0 Å². The number of carbonyl (C=O) groups excluding carboxylic acids is 1. The van der Waals surface area contributed by atoms with Gasteiger partial charge in [0.15, 0.2) is 5.84 Å². The summed E-state index contributed by atoms with van der Waals surface area (Å²) in [7, 11) is 0. The summed E-state index contributed by atoms with van der Waals surface area (Å²) >= 11 is 0. The molecule has 20 heavy (non-hydrogen) atoms. The van der Waals surface area contributed by atoms with Crippen molar-refractivity contribution < 1.29 is 9.18 Å². The van der Waals surface area contributed by atoms with Crippen LogP contribution in [0.1, 0.15) is 11.3 Å². The number of rotatable bonds is 2. The van der Waals surface area contributed by atoms with Crippen LogP contribution >= 0.6 is 0 Å². The predicted octanol–water partition coefficient (Wildman–Crippen LogP) is 2.14. The van der Waals surface area contributed by atoms with Crippen molar-refractivity contribution in [2.45, 2.75) is 0 Å². The van der Waals surface area contributed by atoms with Crippen molar-refractivity contribution in [1.29, 1.82) is 0 Å². The van der Waals surface area contributed by atoms with E-state index in [1.807, 2.05) is 6.07 Å². The Morgan fingerprint density at radius 3 is 2.80 bits per heavy atom. The van der Waals surface area contributed by atoms with Gasteiger partial charge in [-0.2, -0.15) is 0 Å². The summed E-state index contributed by atoms with van der Waals surface area (Å²) in [6, 6.07) is 11.3. The zero-order valence-electron chi connectivity index (χ0n) is 10.4. The second kappa shape index (κ2) is 5.05. The van der Waals surface area contributed by atoms with Gasteiger partial charge in [-0.05, 0) is 35.9 Å². The molecule has 0 saturated heterocycles. The van der Waals surface area contributed by atoms with E-state index in [0.29, 0.717) is 17.1 Å². The van der Waals surface area contributed by atoms with Gasteiger partial charge in [-0.25, -0.2) is 9.38 Å². The third kappa shape index (κ3) is 2.47. The minimum Gasteiger partial charge on any atom is -0.303 e. The number of hydrogen-bond acceptors (Lipinski definition) is 3. The highest BCUT2D eigenvalue weighted by atomic mass is 19.1. The lowest BCUT2D eigenvalue weighted by Crippen LogP contribution is -2.25. The van der Waals surface area contributed by atoms with E-state index in [-0.39, 0.29) is 17.4 Å². The number of nitrogens with one attached hydrogen (secondary N) is 1. The molecule has 1 aromatic heterocycles. The van der Waals surface area contributed by atoms with Crippen LogP contribution in [0.5, 0.6) is 0 Å². The molecule has 1 N–H and O–H groups in total. The molecule has 98 valence electrons. The SMILES string of the molecule is O=C1NC(c2ccccn2)=N/C1=C/c1cccc(F)c1. The number of hydrogen-bond donors (Lipinski definition) is 1. The van der Waals surface area contributed by atoms with E-state index >= 15 is 0 Å². The Morgan fingerprint density at radius 1 is 1.15 bits per heavy atom.